The number of nitrogens with one attached hydrogen (secondary N) is 1. The van der Waals surface area contributed by atoms with E-state index in [-0.39, 0.29) is 16.8 Å². The number of aromatic amines is 1. The second-order valence-electron chi connectivity index (χ2n) is 6.81. The van der Waals surface area contributed by atoms with Gasteiger partial charge in [0.1, 0.15) is 22.6 Å². The van der Waals surface area contributed by atoms with Gasteiger partial charge in [0.15, 0.2) is 0 Å². The first kappa shape index (κ1) is 21.5. The van der Waals surface area contributed by atoms with Gasteiger partial charge in [0, 0.05) is 11.9 Å². The number of alkyl halides is 6. The van der Waals surface area contributed by atoms with Gasteiger partial charge >= 0.3 is 12.4 Å². The Labute approximate surface area is 169 Å². The molecule has 4 rings (SSSR count). The summed E-state index contributed by atoms with van der Waals surface area (Å²) in [4.78, 5) is 2.66. The van der Waals surface area contributed by atoms with Crippen LogP contribution >= 0.6 is 0 Å². The van der Waals surface area contributed by atoms with Crippen molar-refractivity contribution >= 4 is 20.9 Å². The third-order valence-electron chi connectivity index (χ3n) is 4.91. The van der Waals surface area contributed by atoms with E-state index in [1.54, 1.807) is 0 Å². The van der Waals surface area contributed by atoms with E-state index in [0.29, 0.717) is 10.9 Å². The molecule has 7 nitrogen and oxygen atoms in total. The highest BCUT2D eigenvalue weighted by molar-refractivity contribution is 7.89. The number of nitrogens with zero attached hydrogens (tertiary/aromatic N) is 4. The minimum absolute atomic E-state index is 0.0569. The summed E-state index contributed by atoms with van der Waals surface area (Å²) >= 11 is 0. The summed E-state index contributed by atoms with van der Waals surface area (Å²) in [6.07, 6.45) is -8.30. The molecule has 1 fully saturated rings. The van der Waals surface area contributed by atoms with E-state index in [9.17, 15) is 39.2 Å². The average Bonchev–Trinajstić information content (AvgIpc) is 3.39. The molecule has 1 aliphatic heterocycles. The van der Waals surface area contributed by atoms with Crippen LogP contribution in [0.3, 0.4) is 0 Å². The molecule has 1 N–H and O–H groups in total. The van der Waals surface area contributed by atoms with Crippen molar-refractivity contribution in [3.05, 3.63) is 35.9 Å². The summed E-state index contributed by atoms with van der Waals surface area (Å²) in [5.41, 5.74) is -2.88. The number of benzene rings is 1. The van der Waals surface area contributed by atoms with Gasteiger partial charge in [0.2, 0.25) is 0 Å². The van der Waals surface area contributed by atoms with Crippen LogP contribution in [0.1, 0.15) is 18.4 Å². The largest absolute Gasteiger partial charge is 0.418 e. The molecule has 0 bridgehead atoms. The fourth-order valence-corrected chi connectivity index (χ4v) is 5.28. The van der Waals surface area contributed by atoms with E-state index in [4.69, 9.17) is 0 Å². The summed E-state index contributed by atoms with van der Waals surface area (Å²) in [7, 11) is -4.82. The van der Waals surface area contributed by atoms with Crippen LogP contribution in [0.2, 0.25) is 0 Å². The molecule has 1 aromatic carbocycles. The Morgan fingerprint density at radius 3 is 2.29 bits per heavy atom. The first-order valence-electron chi connectivity index (χ1n) is 8.69. The van der Waals surface area contributed by atoms with E-state index in [1.807, 2.05) is 0 Å². The van der Waals surface area contributed by atoms with Crippen molar-refractivity contribution in [2.75, 3.05) is 6.54 Å². The maximum atomic E-state index is 14.5. The predicted molar refractivity (Wildman–Crippen MR) is 91.1 cm³/mol. The van der Waals surface area contributed by atoms with Crippen molar-refractivity contribution in [1.82, 2.24) is 24.3 Å². The SMILES string of the molecule is O=S(=O)(c1cc2c(-n3nccn3)c(C(F)(F)F)cc(F)c2[nH]1)N1CCCC1C(F)(F)F. The third-order valence-corrected chi connectivity index (χ3v) is 6.74. The van der Waals surface area contributed by atoms with Crippen LogP contribution in [0.25, 0.3) is 16.6 Å². The maximum absolute atomic E-state index is 14.5. The Kier molecular flexibility index (Phi) is 4.81. The number of hydrogen-bond acceptors (Lipinski definition) is 4. The number of rotatable bonds is 3. The lowest BCUT2D eigenvalue weighted by Gasteiger charge is -2.25. The quantitative estimate of drug-likeness (QED) is 0.592. The van der Waals surface area contributed by atoms with Crippen molar-refractivity contribution in [2.24, 2.45) is 0 Å². The molecule has 0 radical (unpaired) electrons. The second kappa shape index (κ2) is 6.91. The first-order valence-corrected chi connectivity index (χ1v) is 10.1. The Bertz CT molecular complexity index is 1230. The van der Waals surface area contributed by atoms with E-state index >= 15 is 0 Å². The third kappa shape index (κ3) is 3.54. The van der Waals surface area contributed by atoms with Crippen molar-refractivity contribution in [3.8, 4) is 5.69 Å². The Hall–Kier alpha value is -2.68. The molecule has 1 aliphatic rings. The molecule has 15 heteroatoms. The van der Waals surface area contributed by atoms with Crippen LogP contribution in [0.15, 0.2) is 29.6 Å². The van der Waals surface area contributed by atoms with Gasteiger partial charge in [-0.2, -0.15) is 45.6 Å². The summed E-state index contributed by atoms with van der Waals surface area (Å²) in [6, 6.07) is -1.48. The normalized spacial score (nSPS) is 18.9. The van der Waals surface area contributed by atoms with Crippen LogP contribution in [-0.4, -0.2) is 51.5 Å². The highest BCUT2D eigenvalue weighted by atomic mass is 32.2. The van der Waals surface area contributed by atoms with Gasteiger partial charge in [-0.05, 0) is 25.0 Å². The minimum Gasteiger partial charge on any atom is -0.342 e. The zero-order valence-electron chi connectivity index (χ0n) is 15.2. The molecule has 3 aromatic rings. The van der Waals surface area contributed by atoms with Crippen LogP contribution < -0.4 is 0 Å². The lowest BCUT2D eigenvalue weighted by molar-refractivity contribution is -0.165. The summed E-state index contributed by atoms with van der Waals surface area (Å²) in [5.74, 6) is -1.44. The molecule has 1 saturated heterocycles. The maximum Gasteiger partial charge on any atom is 0.418 e. The van der Waals surface area contributed by atoms with Gasteiger partial charge in [-0.3, -0.25) is 0 Å². The molecule has 0 saturated carbocycles. The van der Waals surface area contributed by atoms with Gasteiger partial charge in [-0.25, -0.2) is 12.8 Å². The van der Waals surface area contributed by atoms with E-state index in [0.717, 1.165) is 12.4 Å². The van der Waals surface area contributed by atoms with Crippen molar-refractivity contribution in [1.29, 1.82) is 0 Å². The van der Waals surface area contributed by atoms with Crippen molar-refractivity contribution in [3.63, 3.8) is 0 Å². The molecular formula is C16H12F7N5O2S. The summed E-state index contributed by atoms with van der Waals surface area (Å²) < 4.78 is 121. The fraction of sp³-hybridized carbons (Fsp3) is 0.375. The summed E-state index contributed by atoms with van der Waals surface area (Å²) in [5, 5.41) is 5.77. The van der Waals surface area contributed by atoms with Crippen LogP contribution in [0.5, 0.6) is 0 Å². The Morgan fingerprint density at radius 2 is 1.71 bits per heavy atom. The molecule has 0 amide bonds. The number of aromatic nitrogens is 4. The molecule has 3 heterocycles. The van der Waals surface area contributed by atoms with Crippen LogP contribution in [0, 0.1) is 5.82 Å². The molecule has 0 aliphatic carbocycles. The molecule has 168 valence electrons. The molecule has 1 unspecified atom stereocenters. The zero-order valence-corrected chi connectivity index (χ0v) is 16.0. The van der Waals surface area contributed by atoms with Gasteiger partial charge in [-0.1, -0.05) is 0 Å². The van der Waals surface area contributed by atoms with Crippen molar-refractivity contribution in [2.45, 2.75) is 36.3 Å². The number of hydrogen-bond donors (Lipinski definition) is 1. The molecule has 31 heavy (non-hydrogen) atoms. The van der Waals surface area contributed by atoms with Crippen molar-refractivity contribution < 1.29 is 39.2 Å². The van der Waals surface area contributed by atoms with Gasteiger partial charge in [-0.15, -0.1) is 0 Å². The van der Waals surface area contributed by atoms with E-state index in [2.05, 4.69) is 15.2 Å². The average molecular weight is 471 g/mol. The highest BCUT2D eigenvalue weighted by Gasteiger charge is 2.51. The number of fused-ring (bicyclic) bond motifs is 1. The standard InChI is InChI=1S/C16H12F7N5O2S/c17-10-7-9(15(18,19)20)14(28-24-3-4-25-28)8-6-12(26-13(8)10)31(29,30)27-5-1-2-11(27)16(21,22)23/h3-4,6-7,11,26H,1-2,5H2. The number of H-pyrrole nitrogens is 1. The van der Waals surface area contributed by atoms with Crippen LogP contribution in [-0.2, 0) is 16.2 Å². The minimum atomic E-state index is -5.05. The molecule has 1 atom stereocenters. The monoisotopic (exact) mass is 471 g/mol. The second-order valence-corrected chi connectivity index (χ2v) is 8.67. The lowest BCUT2D eigenvalue weighted by Crippen LogP contribution is -2.44. The van der Waals surface area contributed by atoms with E-state index < -0.39 is 74.4 Å². The van der Waals surface area contributed by atoms with Gasteiger partial charge in [0.05, 0.1) is 23.5 Å². The predicted octanol–water partition coefficient (Wildman–Crippen LogP) is 3.62. The zero-order chi connectivity index (χ0) is 22.8. The molecular weight excluding hydrogens is 459 g/mol. The van der Waals surface area contributed by atoms with E-state index in [1.165, 1.54) is 0 Å². The number of sulfonamides is 1. The molecule has 2 aromatic heterocycles. The molecule has 0 spiro atoms. The Morgan fingerprint density at radius 1 is 1.06 bits per heavy atom. The lowest BCUT2D eigenvalue weighted by atomic mass is 10.1. The smallest absolute Gasteiger partial charge is 0.342 e. The first-order chi connectivity index (χ1) is 14.3. The number of halogens is 7. The van der Waals surface area contributed by atoms with Gasteiger partial charge in [0.25, 0.3) is 10.0 Å². The fourth-order valence-electron chi connectivity index (χ4n) is 3.60. The highest BCUT2D eigenvalue weighted by Crippen LogP contribution is 2.41. The summed E-state index contributed by atoms with van der Waals surface area (Å²) in [6.45, 7) is -0.439. The Balaban J connectivity index is 1.95. The van der Waals surface area contributed by atoms with Crippen LogP contribution in [0.4, 0.5) is 30.7 Å². The van der Waals surface area contributed by atoms with Gasteiger partial charge < -0.3 is 4.98 Å². The topological polar surface area (TPSA) is 83.9 Å².